The van der Waals surface area contributed by atoms with Gasteiger partial charge < -0.3 is 5.32 Å². The number of halogens is 3. The highest BCUT2D eigenvalue weighted by Gasteiger charge is 2.14. The standard InChI is InChI=1S/C11H11BrF2N4/c1-15-4-10-16-6-17-18(10)5-7-9(13)3-2-8(12)11(7)14/h2-3,6,15H,4-5H2,1H3. The van der Waals surface area contributed by atoms with E-state index in [0.717, 1.165) is 0 Å². The van der Waals surface area contributed by atoms with Crippen molar-refractivity contribution < 1.29 is 8.78 Å². The summed E-state index contributed by atoms with van der Waals surface area (Å²) < 4.78 is 29.1. The summed E-state index contributed by atoms with van der Waals surface area (Å²) in [6.45, 7) is 0.491. The van der Waals surface area contributed by atoms with Crippen LogP contribution in [0.4, 0.5) is 8.78 Å². The Morgan fingerprint density at radius 2 is 2.17 bits per heavy atom. The van der Waals surface area contributed by atoms with E-state index < -0.39 is 11.6 Å². The maximum absolute atomic E-state index is 13.8. The predicted octanol–water partition coefficient (Wildman–Crippen LogP) is 2.09. The first-order chi connectivity index (χ1) is 8.63. The second kappa shape index (κ2) is 5.53. The Balaban J connectivity index is 2.34. The van der Waals surface area contributed by atoms with Gasteiger partial charge in [-0.3, -0.25) is 0 Å². The molecule has 0 amide bonds. The van der Waals surface area contributed by atoms with Gasteiger partial charge in [0.05, 0.1) is 17.6 Å². The first kappa shape index (κ1) is 13.1. The lowest BCUT2D eigenvalue weighted by Crippen LogP contribution is -2.15. The van der Waals surface area contributed by atoms with Crippen LogP contribution in [0.5, 0.6) is 0 Å². The van der Waals surface area contributed by atoms with Crippen LogP contribution in [0.3, 0.4) is 0 Å². The Bertz CT molecular complexity index is 556. The zero-order valence-corrected chi connectivity index (χ0v) is 11.2. The topological polar surface area (TPSA) is 42.7 Å². The molecule has 0 atom stereocenters. The minimum Gasteiger partial charge on any atom is -0.313 e. The minimum atomic E-state index is -0.610. The molecule has 1 aromatic carbocycles. The molecular formula is C11H11BrF2N4. The van der Waals surface area contributed by atoms with Gasteiger partial charge >= 0.3 is 0 Å². The molecule has 0 unspecified atom stereocenters. The van der Waals surface area contributed by atoms with E-state index in [0.29, 0.717) is 12.4 Å². The summed E-state index contributed by atoms with van der Waals surface area (Å²) in [5.74, 6) is -0.584. The third-order valence-electron chi connectivity index (χ3n) is 2.48. The van der Waals surface area contributed by atoms with Crippen LogP contribution in [0.25, 0.3) is 0 Å². The molecule has 0 fully saturated rings. The number of benzene rings is 1. The third kappa shape index (κ3) is 2.56. The Morgan fingerprint density at radius 1 is 1.39 bits per heavy atom. The molecule has 0 spiro atoms. The van der Waals surface area contributed by atoms with Gasteiger partial charge in [-0.05, 0) is 35.1 Å². The molecule has 4 nitrogen and oxygen atoms in total. The van der Waals surface area contributed by atoms with Crippen LogP contribution in [-0.4, -0.2) is 21.8 Å². The molecule has 18 heavy (non-hydrogen) atoms. The van der Waals surface area contributed by atoms with Gasteiger partial charge in [0.15, 0.2) is 0 Å². The molecule has 0 saturated carbocycles. The molecule has 96 valence electrons. The molecule has 0 aliphatic carbocycles. The van der Waals surface area contributed by atoms with Crippen LogP contribution in [0, 0.1) is 11.6 Å². The predicted molar refractivity (Wildman–Crippen MR) is 65.9 cm³/mol. The van der Waals surface area contributed by atoms with Gasteiger partial charge in [0.2, 0.25) is 0 Å². The molecule has 7 heteroatoms. The van der Waals surface area contributed by atoms with Gasteiger partial charge in [-0.2, -0.15) is 5.10 Å². The number of hydrogen-bond donors (Lipinski definition) is 1. The summed E-state index contributed by atoms with van der Waals surface area (Å²) >= 11 is 3.03. The van der Waals surface area contributed by atoms with E-state index in [1.807, 2.05) is 0 Å². The van der Waals surface area contributed by atoms with Crippen molar-refractivity contribution in [1.29, 1.82) is 0 Å². The van der Waals surface area contributed by atoms with Crippen molar-refractivity contribution in [2.75, 3.05) is 7.05 Å². The van der Waals surface area contributed by atoms with Crippen LogP contribution >= 0.6 is 15.9 Å². The lowest BCUT2D eigenvalue weighted by atomic mass is 10.2. The van der Waals surface area contributed by atoms with E-state index in [4.69, 9.17) is 0 Å². The van der Waals surface area contributed by atoms with E-state index >= 15 is 0 Å². The van der Waals surface area contributed by atoms with Crippen LogP contribution < -0.4 is 5.32 Å². The zero-order chi connectivity index (χ0) is 13.1. The van der Waals surface area contributed by atoms with Gasteiger partial charge in [0, 0.05) is 5.56 Å². The third-order valence-corrected chi connectivity index (χ3v) is 3.09. The molecular weight excluding hydrogens is 306 g/mol. The van der Waals surface area contributed by atoms with E-state index in [1.165, 1.54) is 23.1 Å². The molecule has 0 saturated heterocycles. The zero-order valence-electron chi connectivity index (χ0n) is 9.62. The first-order valence-corrected chi connectivity index (χ1v) is 6.06. The van der Waals surface area contributed by atoms with Crippen molar-refractivity contribution in [2.24, 2.45) is 0 Å². The highest BCUT2D eigenvalue weighted by atomic mass is 79.9. The lowest BCUT2D eigenvalue weighted by Gasteiger charge is -2.09. The van der Waals surface area contributed by atoms with Gasteiger partial charge in [-0.25, -0.2) is 18.4 Å². The lowest BCUT2D eigenvalue weighted by molar-refractivity contribution is 0.519. The molecule has 1 aromatic heterocycles. The molecule has 0 aliphatic rings. The quantitative estimate of drug-likeness (QED) is 0.878. The highest BCUT2D eigenvalue weighted by molar-refractivity contribution is 9.10. The number of hydrogen-bond acceptors (Lipinski definition) is 3. The van der Waals surface area contributed by atoms with Gasteiger partial charge in [0.25, 0.3) is 0 Å². The van der Waals surface area contributed by atoms with E-state index in [2.05, 4.69) is 31.3 Å². The average molecular weight is 317 g/mol. The normalized spacial score (nSPS) is 10.9. The molecule has 0 bridgehead atoms. The van der Waals surface area contributed by atoms with E-state index in [-0.39, 0.29) is 16.6 Å². The fraction of sp³-hybridized carbons (Fsp3) is 0.273. The van der Waals surface area contributed by atoms with Crippen molar-refractivity contribution >= 4 is 15.9 Å². The Hall–Kier alpha value is -1.34. The van der Waals surface area contributed by atoms with Crippen LogP contribution in [0.15, 0.2) is 22.9 Å². The largest absolute Gasteiger partial charge is 0.313 e. The maximum Gasteiger partial charge on any atom is 0.145 e. The Morgan fingerprint density at radius 3 is 2.89 bits per heavy atom. The van der Waals surface area contributed by atoms with Gasteiger partial charge in [-0.1, -0.05) is 0 Å². The summed E-state index contributed by atoms with van der Waals surface area (Å²) in [7, 11) is 1.76. The van der Waals surface area contributed by atoms with Crippen LogP contribution in [0.1, 0.15) is 11.4 Å². The smallest absolute Gasteiger partial charge is 0.145 e. The van der Waals surface area contributed by atoms with Crippen molar-refractivity contribution in [3.05, 3.63) is 46.0 Å². The van der Waals surface area contributed by atoms with Crippen molar-refractivity contribution in [1.82, 2.24) is 20.1 Å². The van der Waals surface area contributed by atoms with Gasteiger partial charge in [0.1, 0.15) is 23.8 Å². The highest BCUT2D eigenvalue weighted by Crippen LogP contribution is 2.22. The number of nitrogens with zero attached hydrogens (tertiary/aromatic N) is 3. The van der Waals surface area contributed by atoms with Crippen LogP contribution in [-0.2, 0) is 13.1 Å². The molecule has 2 aromatic rings. The molecule has 1 heterocycles. The molecule has 0 aliphatic heterocycles. The summed E-state index contributed by atoms with van der Waals surface area (Å²) in [5, 5.41) is 6.88. The minimum absolute atomic E-state index is 0.00806. The Kier molecular flexibility index (Phi) is 4.03. The van der Waals surface area contributed by atoms with Crippen LogP contribution in [0.2, 0.25) is 0 Å². The van der Waals surface area contributed by atoms with E-state index in [1.54, 1.807) is 7.05 Å². The molecule has 2 rings (SSSR count). The fourth-order valence-electron chi connectivity index (χ4n) is 1.58. The first-order valence-electron chi connectivity index (χ1n) is 5.27. The monoisotopic (exact) mass is 316 g/mol. The van der Waals surface area contributed by atoms with Crippen molar-refractivity contribution in [2.45, 2.75) is 13.1 Å². The van der Waals surface area contributed by atoms with Gasteiger partial charge in [-0.15, -0.1) is 0 Å². The maximum atomic E-state index is 13.8. The second-order valence-electron chi connectivity index (χ2n) is 3.69. The molecule has 1 N–H and O–H groups in total. The fourth-order valence-corrected chi connectivity index (χ4v) is 1.95. The Labute approximate surface area is 111 Å². The van der Waals surface area contributed by atoms with Crippen molar-refractivity contribution in [3.63, 3.8) is 0 Å². The summed E-state index contributed by atoms with van der Waals surface area (Å²) in [6.07, 6.45) is 1.36. The SMILES string of the molecule is CNCc1ncnn1Cc1c(F)ccc(Br)c1F. The van der Waals surface area contributed by atoms with Crippen molar-refractivity contribution in [3.8, 4) is 0 Å². The summed E-state index contributed by atoms with van der Waals surface area (Å²) in [4.78, 5) is 4.02. The average Bonchev–Trinajstić information content (AvgIpc) is 2.78. The van der Waals surface area contributed by atoms with E-state index in [9.17, 15) is 8.78 Å². The summed E-state index contributed by atoms with van der Waals surface area (Å²) in [6, 6.07) is 2.56. The number of rotatable bonds is 4. The molecule has 0 radical (unpaired) electrons. The number of nitrogens with one attached hydrogen (secondary N) is 1. The number of aromatic nitrogens is 3. The second-order valence-corrected chi connectivity index (χ2v) is 4.54. The summed E-state index contributed by atoms with van der Waals surface area (Å²) in [5.41, 5.74) is -0.0350.